The second kappa shape index (κ2) is 8.35. The summed E-state index contributed by atoms with van der Waals surface area (Å²) in [5, 5.41) is 2.89. The molecule has 0 unspecified atom stereocenters. The number of oxazole rings is 1. The molecule has 0 bridgehead atoms. The van der Waals surface area contributed by atoms with Crippen LogP contribution in [-0.2, 0) is 4.79 Å². The minimum atomic E-state index is -0.246. The minimum Gasteiger partial charge on any atom is -0.457 e. The van der Waals surface area contributed by atoms with Crippen molar-refractivity contribution in [2.75, 3.05) is 5.32 Å². The molecule has 1 N–H and O–H groups in total. The van der Waals surface area contributed by atoms with E-state index in [-0.39, 0.29) is 5.91 Å². The summed E-state index contributed by atoms with van der Waals surface area (Å²) in [5.41, 5.74) is 4.61. The lowest BCUT2D eigenvalue weighted by molar-refractivity contribution is -0.111. The van der Waals surface area contributed by atoms with Gasteiger partial charge in [0.15, 0.2) is 11.2 Å². The first-order valence-corrected chi connectivity index (χ1v) is 10.1. The quantitative estimate of drug-likeness (QED) is 0.346. The van der Waals surface area contributed by atoms with E-state index in [9.17, 15) is 4.79 Å². The third-order valence-electron chi connectivity index (χ3n) is 4.98. The molecular formula is C26H19N3O3. The highest BCUT2D eigenvalue weighted by atomic mass is 16.3. The first-order chi connectivity index (χ1) is 15.7. The zero-order valence-electron chi connectivity index (χ0n) is 17.3. The van der Waals surface area contributed by atoms with Crippen molar-refractivity contribution in [3.8, 4) is 22.8 Å². The summed E-state index contributed by atoms with van der Waals surface area (Å²) in [5.74, 6) is 1.61. The van der Waals surface area contributed by atoms with E-state index in [0.717, 1.165) is 22.5 Å². The summed E-state index contributed by atoms with van der Waals surface area (Å²) in [4.78, 5) is 21.0. The van der Waals surface area contributed by atoms with Crippen LogP contribution in [0.3, 0.4) is 0 Å². The molecule has 0 aliphatic carbocycles. The van der Waals surface area contributed by atoms with Gasteiger partial charge in [0.1, 0.15) is 11.5 Å². The summed E-state index contributed by atoms with van der Waals surface area (Å²) in [7, 11) is 0. The molecule has 0 atom stereocenters. The number of aromatic nitrogens is 2. The fraction of sp³-hybridized carbons (Fsp3) is 0.0385. The molecule has 0 spiro atoms. The standard InChI is InChI=1S/C26H19N3O3/c1-17-16-19(26-29-25-23(32-26)8-5-15-27-25)9-12-21(17)28-24(30)14-11-20-10-13-22(31-20)18-6-3-2-4-7-18/h2-16H,1H3,(H,28,30)/b14-11+. The van der Waals surface area contributed by atoms with Gasteiger partial charge in [-0.1, -0.05) is 30.3 Å². The third-order valence-corrected chi connectivity index (χ3v) is 4.98. The maximum absolute atomic E-state index is 12.4. The van der Waals surface area contributed by atoms with Crippen molar-refractivity contribution in [1.82, 2.24) is 9.97 Å². The Morgan fingerprint density at radius 1 is 0.938 bits per heavy atom. The lowest BCUT2D eigenvalue weighted by atomic mass is 10.1. The molecule has 0 saturated carbocycles. The summed E-state index contributed by atoms with van der Waals surface area (Å²) >= 11 is 0. The zero-order valence-corrected chi connectivity index (χ0v) is 17.3. The van der Waals surface area contributed by atoms with Gasteiger partial charge in [-0.05, 0) is 61.0 Å². The topological polar surface area (TPSA) is 81.2 Å². The Bertz CT molecular complexity index is 1400. The number of anilines is 1. The zero-order chi connectivity index (χ0) is 21.9. The van der Waals surface area contributed by atoms with Gasteiger partial charge in [0.2, 0.25) is 11.8 Å². The molecule has 3 aromatic heterocycles. The first kappa shape index (κ1) is 19.5. The average molecular weight is 421 g/mol. The molecule has 0 aliphatic heterocycles. The largest absolute Gasteiger partial charge is 0.457 e. The van der Waals surface area contributed by atoms with Crippen molar-refractivity contribution >= 4 is 28.9 Å². The maximum Gasteiger partial charge on any atom is 0.248 e. The molecule has 0 fully saturated rings. The second-order valence-electron chi connectivity index (χ2n) is 7.26. The van der Waals surface area contributed by atoms with E-state index in [1.807, 2.05) is 73.7 Å². The molecule has 2 aromatic carbocycles. The number of aryl methyl sites for hydroxylation is 1. The molecule has 0 aliphatic rings. The number of benzene rings is 2. The van der Waals surface area contributed by atoms with Crippen LogP contribution in [0, 0.1) is 6.92 Å². The van der Waals surface area contributed by atoms with Crippen molar-refractivity contribution in [2.45, 2.75) is 6.92 Å². The number of nitrogens with one attached hydrogen (secondary N) is 1. The van der Waals surface area contributed by atoms with Crippen molar-refractivity contribution in [1.29, 1.82) is 0 Å². The van der Waals surface area contributed by atoms with Gasteiger partial charge in [0.05, 0.1) is 0 Å². The van der Waals surface area contributed by atoms with Gasteiger partial charge in [-0.3, -0.25) is 4.79 Å². The number of rotatable bonds is 5. The normalized spacial score (nSPS) is 11.3. The highest BCUT2D eigenvalue weighted by Crippen LogP contribution is 2.27. The van der Waals surface area contributed by atoms with Crippen LogP contribution in [0.5, 0.6) is 0 Å². The summed E-state index contributed by atoms with van der Waals surface area (Å²) in [6.45, 7) is 1.92. The summed E-state index contributed by atoms with van der Waals surface area (Å²) in [6, 6.07) is 22.8. The molecule has 0 radical (unpaired) electrons. The fourth-order valence-corrected chi connectivity index (χ4v) is 3.36. The van der Waals surface area contributed by atoms with Crippen LogP contribution in [0.4, 0.5) is 5.69 Å². The van der Waals surface area contributed by atoms with Gasteiger partial charge in [-0.25, -0.2) is 4.98 Å². The number of hydrogen-bond acceptors (Lipinski definition) is 5. The average Bonchev–Trinajstić information content (AvgIpc) is 3.47. The Balaban J connectivity index is 1.28. The highest BCUT2D eigenvalue weighted by molar-refractivity contribution is 6.02. The molecule has 6 heteroatoms. The van der Waals surface area contributed by atoms with E-state index >= 15 is 0 Å². The van der Waals surface area contributed by atoms with Gasteiger partial charge < -0.3 is 14.2 Å². The summed E-state index contributed by atoms with van der Waals surface area (Å²) in [6.07, 6.45) is 4.78. The predicted octanol–water partition coefficient (Wildman–Crippen LogP) is 6.11. The number of amides is 1. The van der Waals surface area contributed by atoms with Crippen LogP contribution in [0.2, 0.25) is 0 Å². The Kier molecular flexibility index (Phi) is 5.09. The number of carbonyl (C=O) groups is 1. The Morgan fingerprint density at radius 2 is 1.81 bits per heavy atom. The SMILES string of the molecule is Cc1cc(-c2nc3ncccc3o2)ccc1NC(=O)/C=C/c1ccc(-c2ccccc2)o1. The molecule has 5 aromatic rings. The maximum atomic E-state index is 12.4. The predicted molar refractivity (Wildman–Crippen MR) is 124 cm³/mol. The van der Waals surface area contributed by atoms with Crippen molar-refractivity contribution in [3.63, 3.8) is 0 Å². The van der Waals surface area contributed by atoms with Gasteiger partial charge >= 0.3 is 0 Å². The van der Waals surface area contributed by atoms with Crippen LogP contribution < -0.4 is 5.32 Å². The van der Waals surface area contributed by atoms with Crippen LogP contribution in [0.15, 0.2) is 93.9 Å². The van der Waals surface area contributed by atoms with Crippen LogP contribution in [-0.4, -0.2) is 15.9 Å². The third kappa shape index (κ3) is 4.06. The smallest absolute Gasteiger partial charge is 0.248 e. The fourth-order valence-electron chi connectivity index (χ4n) is 3.36. The lowest BCUT2D eigenvalue weighted by Crippen LogP contribution is -2.08. The second-order valence-corrected chi connectivity index (χ2v) is 7.26. The Morgan fingerprint density at radius 3 is 2.62 bits per heavy atom. The monoisotopic (exact) mass is 421 g/mol. The van der Waals surface area contributed by atoms with E-state index in [0.29, 0.717) is 28.6 Å². The molecular weight excluding hydrogens is 402 g/mol. The van der Waals surface area contributed by atoms with E-state index in [1.54, 1.807) is 18.3 Å². The van der Waals surface area contributed by atoms with Crippen LogP contribution in [0.1, 0.15) is 11.3 Å². The van der Waals surface area contributed by atoms with Crippen molar-refractivity contribution in [2.24, 2.45) is 0 Å². The summed E-state index contributed by atoms with van der Waals surface area (Å²) < 4.78 is 11.6. The van der Waals surface area contributed by atoms with Crippen LogP contribution in [0.25, 0.3) is 40.1 Å². The van der Waals surface area contributed by atoms with E-state index in [2.05, 4.69) is 15.3 Å². The minimum absolute atomic E-state index is 0.246. The number of pyridine rings is 1. The van der Waals surface area contributed by atoms with Gasteiger partial charge in [0.25, 0.3) is 0 Å². The van der Waals surface area contributed by atoms with Gasteiger partial charge in [-0.15, -0.1) is 0 Å². The number of fused-ring (bicyclic) bond motifs is 1. The molecule has 6 nitrogen and oxygen atoms in total. The van der Waals surface area contributed by atoms with Gasteiger partial charge in [0, 0.05) is 29.1 Å². The molecule has 0 saturated heterocycles. The molecule has 156 valence electrons. The van der Waals surface area contributed by atoms with Gasteiger partial charge in [-0.2, -0.15) is 4.98 Å². The number of furan rings is 1. The number of carbonyl (C=O) groups excluding carboxylic acids is 1. The number of hydrogen-bond donors (Lipinski definition) is 1. The molecule has 1 amide bonds. The number of nitrogens with zero attached hydrogens (tertiary/aromatic N) is 2. The van der Waals surface area contributed by atoms with E-state index in [1.165, 1.54) is 6.08 Å². The molecule has 5 rings (SSSR count). The van der Waals surface area contributed by atoms with E-state index < -0.39 is 0 Å². The molecule has 3 heterocycles. The molecule has 32 heavy (non-hydrogen) atoms. The highest BCUT2D eigenvalue weighted by Gasteiger charge is 2.11. The first-order valence-electron chi connectivity index (χ1n) is 10.1. The van der Waals surface area contributed by atoms with Crippen molar-refractivity contribution < 1.29 is 13.6 Å². The van der Waals surface area contributed by atoms with Crippen LogP contribution >= 0.6 is 0 Å². The Hall–Kier alpha value is -4.45. The van der Waals surface area contributed by atoms with Crippen molar-refractivity contribution in [3.05, 3.63) is 96.4 Å². The Labute approximate surface area is 184 Å². The lowest BCUT2D eigenvalue weighted by Gasteiger charge is -2.07. The van der Waals surface area contributed by atoms with E-state index in [4.69, 9.17) is 8.83 Å².